The summed E-state index contributed by atoms with van der Waals surface area (Å²) >= 11 is 0. The second kappa shape index (κ2) is 4.49. The van der Waals surface area contributed by atoms with E-state index in [1.54, 1.807) is 6.08 Å². The van der Waals surface area contributed by atoms with Crippen LogP contribution in [0.1, 0.15) is 16.7 Å². The quantitative estimate of drug-likeness (QED) is 0.698. The number of H-pyrrole nitrogens is 1. The van der Waals surface area contributed by atoms with E-state index in [1.165, 1.54) is 0 Å². The number of hydrogen-bond donors (Lipinski definition) is 2. The van der Waals surface area contributed by atoms with Gasteiger partial charge in [0, 0.05) is 23.0 Å². The Morgan fingerprint density at radius 2 is 2.05 bits per heavy atom. The third-order valence-corrected chi connectivity index (χ3v) is 3.33. The van der Waals surface area contributed by atoms with Crippen LogP contribution in [0.4, 0.5) is 0 Å². The Morgan fingerprint density at radius 1 is 1.25 bits per heavy atom. The van der Waals surface area contributed by atoms with Crippen molar-refractivity contribution in [3.63, 3.8) is 0 Å². The fourth-order valence-electron chi connectivity index (χ4n) is 2.45. The van der Waals surface area contributed by atoms with E-state index >= 15 is 0 Å². The second-order valence-electron chi connectivity index (χ2n) is 4.97. The summed E-state index contributed by atoms with van der Waals surface area (Å²) in [5.41, 5.74) is 4.95. The van der Waals surface area contributed by atoms with Gasteiger partial charge in [0.1, 0.15) is 5.65 Å². The fraction of sp³-hybridized carbons (Fsp3) is 0.125. The minimum absolute atomic E-state index is 0.855. The van der Waals surface area contributed by atoms with Crippen molar-refractivity contribution < 1.29 is 9.90 Å². The first-order chi connectivity index (χ1) is 9.54. The lowest BCUT2D eigenvalue weighted by Crippen LogP contribution is -1.86. The molecule has 4 nitrogen and oxygen atoms in total. The Labute approximate surface area is 115 Å². The number of rotatable bonds is 2. The molecule has 2 heterocycles. The Kier molecular flexibility index (Phi) is 2.79. The smallest absolute Gasteiger partial charge is 0.328 e. The normalized spacial score (nSPS) is 11.7. The van der Waals surface area contributed by atoms with E-state index < -0.39 is 5.97 Å². The van der Waals surface area contributed by atoms with Crippen molar-refractivity contribution in [2.45, 2.75) is 13.8 Å². The van der Waals surface area contributed by atoms with E-state index in [9.17, 15) is 4.79 Å². The van der Waals surface area contributed by atoms with E-state index in [-0.39, 0.29) is 0 Å². The van der Waals surface area contributed by atoms with E-state index in [2.05, 4.69) is 16.0 Å². The third kappa shape index (κ3) is 2.05. The number of carboxylic acid groups (broad SMARTS) is 1. The van der Waals surface area contributed by atoms with Crippen molar-refractivity contribution in [3.8, 4) is 0 Å². The number of aromatic nitrogens is 2. The summed E-state index contributed by atoms with van der Waals surface area (Å²) in [4.78, 5) is 18.3. The number of fused-ring (bicyclic) bond motifs is 3. The molecule has 0 saturated heterocycles. The number of hydrogen-bond acceptors (Lipinski definition) is 2. The van der Waals surface area contributed by atoms with Crippen LogP contribution in [-0.2, 0) is 4.79 Å². The van der Waals surface area contributed by atoms with Gasteiger partial charge in [0.25, 0.3) is 0 Å². The van der Waals surface area contributed by atoms with Gasteiger partial charge in [-0.05, 0) is 54.8 Å². The van der Waals surface area contributed by atoms with Crippen molar-refractivity contribution in [1.29, 1.82) is 0 Å². The van der Waals surface area contributed by atoms with Gasteiger partial charge >= 0.3 is 5.97 Å². The highest BCUT2D eigenvalue weighted by Gasteiger charge is 2.08. The van der Waals surface area contributed by atoms with Crippen LogP contribution in [0.5, 0.6) is 0 Å². The first-order valence-electron chi connectivity index (χ1n) is 6.34. The molecule has 0 saturated carbocycles. The number of nitrogens with one attached hydrogen (secondary N) is 1. The number of nitrogens with zero attached hydrogens (tertiary/aromatic N) is 1. The summed E-state index contributed by atoms with van der Waals surface area (Å²) in [6.45, 7) is 4.01. The van der Waals surface area contributed by atoms with Crippen LogP contribution in [0.2, 0.25) is 0 Å². The predicted molar refractivity (Wildman–Crippen MR) is 79.7 cm³/mol. The number of pyridine rings is 1. The molecule has 0 aliphatic rings. The standard InChI is InChI=1S/C16H14N2O2/c1-9-5-13-12-7-11(3-4-14(19)20)6-10(2)15(12)18-16(13)17-8-9/h3-8H,1-2H3,(H,17,18)(H,19,20)/b4-3+. The number of carbonyl (C=O) groups is 1. The highest BCUT2D eigenvalue weighted by atomic mass is 16.4. The molecule has 4 heteroatoms. The highest BCUT2D eigenvalue weighted by Crippen LogP contribution is 2.28. The molecule has 0 unspecified atom stereocenters. The topological polar surface area (TPSA) is 66.0 Å². The molecule has 0 fully saturated rings. The molecule has 0 radical (unpaired) electrons. The average molecular weight is 266 g/mol. The molecule has 100 valence electrons. The monoisotopic (exact) mass is 266 g/mol. The maximum absolute atomic E-state index is 10.6. The Hall–Kier alpha value is -2.62. The van der Waals surface area contributed by atoms with Gasteiger partial charge in [-0.3, -0.25) is 0 Å². The van der Waals surface area contributed by atoms with Gasteiger partial charge in [-0.1, -0.05) is 0 Å². The van der Waals surface area contributed by atoms with Gasteiger partial charge in [0.05, 0.1) is 5.52 Å². The fourth-order valence-corrected chi connectivity index (χ4v) is 2.45. The van der Waals surface area contributed by atoms with Crippen LogP contribution >= 0.6 is 0 Å². The van der Waals surface area contributed by atoms with Gasteiger partial charge < -0.3 is 10.1 Å². The number of carboxylic acids is 1. The van der Waals surface area contributed by atoms with Gasteiger partial charge in [-0.25, -0.2) is 9.78 Å². The van der Waals surface area contributed by atoms with Gasteiger partial charge in [-0.15, -0.1) is 0 Å². The molecule has 2 aromatic heterocycles. The first-order valence-corrected chi connectivity index (χ1v) is 6.34. The third-order valence-electron chi connectivity index (χ3n) is 3.33. The molecule has 0 atom stereocenters. The van der Waals surface area contributed by atoms with Crippen LogP contribution in [0.3, 0.4) is 0 Å². The maximum atomic E-state index is 10.6. The zero-order valence-corrected chi connectivity index (χ0v) is 11.3. The second-order valence-corrected chi connectivity index (χ2v) is 4.97. The molecule has 2 N–H and O–H groups in total. The van der Waals surface area contributed by atoms with E-state index in [1.807, 2.05) is 32.2 Å². The number of aryl methyl sites for hydroxylation is 2. The molecule has 0 aliphatic heterocycles. The minimum Gasteiger partial charge on any atom is -0.478 e. The van der Waals surface area contributed by atoms with Crippen molar-refractivity contribution in [1.82, 2.24) is 9.97 Å². The summed E-state index contributed by atoms with van der Waals surface area (Å²) in [5, 5.41) is 10.9. The molecule has 0 aliphatic carbocycles. The van der Waals surface area contributed by atoms with E-state index in [0.717, 1.165) is 44.7 Å². The van der Waals surface area contributed by atoms with Gasteiger partial charge in [0.15, 0.2) is 0 Å². The molecule has 3 aromatic rings. The van der Waals surface area contributed by atoms with Crippen LogP contribution < -0.4 is 0 Å². The van der Waals surface area contributed by atoms with Crippen LogP contribution in [0.25, 0.3) is 28.0 Å². The molecule has 3 rings (SSSR count). The molecule has 0 amide bonds. The first kappa shape index (κ1) is 12.4. The Balaban J connectivity index is 2.30. The van der Waals surface area contributed by atoms with Gasteiger partial charge in [-0.2, -0.15) is 0 Å². The van der Waals surface area contributed by atoms with Gasteiger partial charge in [0.2, 0.25) is 0 Å². The SMILES string of the molecule is Cc1cnc2[nH]c3c(C)cc(/C=C/C(=O)O)cc3c2c1. The maximum Gasteiger partial charge on any atom is 0.328 e. The zero-order valence-electron chi connectivity index (χ0n) is 11.3. The summed E-state index contributed by atoms with van der Waals surface area (Å²) < 4.78 is 0. The molecule has 20 heavy (non-hydrogen) atoms. The lowest BCUT2D eigenvalue weighted by Gasteiger charge is -2.00. The number of benzene rings is 1. The number of aliphatic carboxylic acids is 1. The summed E-state index contributed by atoms with van der Waals surface area (Å²) in [6.07, 6.45) is 4.59. The van der Waals surface area contributed by atoms with Crippen LogP contribution in [0, 0.1) is 13.8 Å². The molecular weight excluding hydrogens is 252 g/mol. The van der Waals surface area contributed by atoms with Crippen molar-refractivity contribution in [2.24, 2.45) is 0 Å². The predicted octanol–water partition coefficient (Wildman–Crippen LogP) is 3.43. The highest BCUT2D eigenvalue weighted by molar-refractivity contribution is 6.07. The largest absolute Gasteiger partial charge is 0.478 e. The Morgan fingerprint density at radius 3 is 2.80 bits per heavy atom. The Bertz CT molecular complexity index is 860. The lowest BCUT2D eigenvalue weighted by molar-refractivity contribution is -0.131. The average Bonchev–Trinajstić information content (AvgIpc) is 2.75. The van der Waals surface area contributed by atoms with Crippen LogP contribution in [-0.4, -0.2) is 21.0 Å². The van der Waals surface area contributed by atoms with Crippen molar-refractivity contribution in [2.75, 3.05) is 0 Å². The molecule has 1 aromatic carbocycles. The molecule has 0 bridgehead atoms. The van der Waals surface area contributed by atoms with E-state index in [0.29, 0.717) is 0 Å². The molecular formula is C16H14N2O2. The molecule has 0 spiro atoms. The minimum atomic E-state index is -0.945. The number of aromatic amines is 1. The summed E-state index contributed by atoms with van der Waals surface area (Å²) in [6, 6.07) is 6.04. The van der Waals surface area contributed by atoms with E-state index in [4.69, 9.17) is 5.11 Å². The summed E-state index contributed by atoms with van der Waals surface area (Å²) in [5.74, 6) is -0.945. The zero-order chi connectivity index (χ0) is 14.3. The lowest BCUT2D eigenvalue weighted by atomic mass is 10.0. The van der Waals surface area contributed by atoms with Crippen molar-refractivity contribution in [3.05, 3.63) is 47.2 Å². The van der Waals surface area contributed by atoms with Crippen molar-refractivity contribution >= 4 is 34.0 Å². The summed E-state index contributed by atoms with van der Waals surface area (Å²) in [7, 11) is 0. The van der Waals surface area contributed by atoms with Crippen LogP contribution in [0.15, 0.2) is 30.5 Å².